The number of aromatic nitrogens is 3. The Balaban J connectivity index is 2.08. The summed E-state index contributed by atoms with van der Waals surface area (Å²) in [4.78, 5) is 11.7. The number of carbonyl (C=O) groups excluding carboxylic acids is 1. The lowest BCUT2D eigenvalue weighted by Crippen LogP contribution is -2.25. The van der Waals surface area contributed by atoms with Crippen LogP contribution in [0.25, 0.3) is 16.6 Å². The molecule has 0 aliphatic carbocycles. The van der Waals surface area contributed by atoms with Gasteiger partial charge in [-0.05, 0) is 31.0 Å². The van der Waals surface area contributed by atoms with Crippen LogP contribution in [0.4, 0.5) is 0 Å². The first-order chi connectivity index (χ1) is 11.1. The molecule has 0 spiro atoms. The number of primary amides is 1. The molecule has 0 aliphatic rings. The second kappa shape index (κ2) is 6.58. The van der Waals surface area contributed by atoms with Crippen LogP contribution < -0.4 is 5.73 Å². The van der Waals surface area contributed by atoms with E-state index in [9.17, 15) is 4.79 Å². The number of hydrogen-bond acceptors (Lipinski definition) is 4. The summed E-state index contributed by atoms with van der Waals surface area (Å²) in [7, 11) is 0. The second-order valence-electron chi connectivity index (χ2n) is 5.67. The first kappa shape index (κ1) is 15.8. The number of rotatable bonds is 6. The van der Waals surface area contributed by atoms with Gasteiger partial charge in [0, 0.05) is 5.39 Å². The molecule has 5 nitrogen and oxygen atoms in total. The fraction of sp³-hybridized carbons (Fsp3) is 0.353. The van der Waals surface area contributed by atoms with Crippen LogP contribution in [0.1, 0.15) is 31.7 Å². The number of pyridine rings is 1. The number of thioether (sulfide) groups is 1. The molecule has 2 heterocycles. The van der Waals surface area contributed by atoms with E-state index in [1.807, 2.05) is 28.7 Å². The summed E-state index contributed by atoms with van der Waals surface area (Å²) < 4.78 is 2.01. The van der Waals surface area contributed by atoms with E-state index in [0.717, 1.165) is 46.5 Å². The van der Waals surface area contributed by atoms with Crippen molar-refractivity contribution in [2.24, 2.45) is 5.73 Å². The molecule has 0 fully saturated rings. The zero-order chi connectivity index (χ0) is 16.4. The Labute approximate surface area is 139 Å². The number of hydrogen-bond donors (Lipinski definition) is 1. The van der Waals surface area contributed by atoms with Gasteiger partial charge in [-0.2, -0.15) is 0 Å². The number of benzene rings is 1. The summed E-state index contributed by atoms with van der Waals surface area (Å²) >= 11 is 1.41. The number of para-hydroxylation sites is 1. The molecule has 0 saturated carbocycles. The highest BCUT2D eigenvalue weighted by molar-refractivity contribution is 8.00. The smallest absolute Gasteiger partial charge is 0.231 e. The second-order valence-corrected chi connectivity index (χ2v) is 6.84. The maximum Gasteiger partial charge on any atom is 0.231 e. The molecule has 1 amide bonds. The molecule has 1 atom stereocenters. The minimum Gasteiger partial charge on any atom is -0.369 e. The molecule has 1 aromatic carbocycles. The highest BCUT2D eigenvalue weighted by Crippen LogP contribution is 2.29. The summed E-state index contributed by atoms with van der Waals surface area (Å²) in [6, 6.07) is 10.2. The van der Waals surface area contributed by atoms with E-state index >= 15 is 0 Å². The average Bonchev–Trinajstić information content (AvgIpc) is 2.94. The number of fused-ring (bicyclic) bond motifs is 3. The third-order valence-electron chi connectivity index (χ3n) is 3.96. The third-order valence-corrected chi connectivity index (χ3v) is 5.19. The molecule has 0 unspecified atom stereocenters. The fourth-order valence-corrected chi connectivity index (χ4v) is 3.77. The molecule has 0 saturated heterocycles. The minimum atomic E-state index is -0.295. The monoisotopic (exact) mass is 328 g/mol. The molecule has 23 heavy (non-hydrogen) atoms. The largest absolute Gasteiger partial charge is 0.369 e. The van der Waals surface area contributed by atoms with Gasteiger partial charge >= 0.3 is 0 Å². The van der Waals surface area contributed by atoms with Crippen LogP contribution in [0.15, 0.2) is 35.5 Å². The van der Waals surface area contributed by atoms with Gasteiger partial charge in [0.25, 0.3) is 0 Å². The van der Waals surface area contributed by atoms with Crippen LogP contribution in [0.5, 0.6) is 0 Å². The van der Waals surface area contributed by atoms with E-state index in [2.05, 4.69) is 30.1 Å². The normalized spacial score (nSPS) is 12.8. The number of unbranched alkanes of at least 4 members (excludes halogenated alkanes) is 1. The molecule has 3 aromatic rings. The fourth-order valence-electron chi connectivity index (χ4n) is 2.73. The molecule has 120 valence electrons. The molecule has 0 aliphatic heterocycles. The van der Waals surface area contributed by atoms with E-state index in [4.69, 9.17) is 5.73 Å². The Hall–Kier alpha value is -2.08. The van der Waals surface area contributed by atoms with Gasteiger partial charge in [0.05, 0.1) is 10.8 Å². The first-order valence-corrected chi connectivity index (χ1v) is 8.69. The highest BCUT2D eigenvalue weighted by Gasteiger charge is 2.20. The molecular weight excluding hydrogens is 308 g/mol. The van der Waals surface area contributed by atoms with Gasteiger partial charge in [0.1, 0.15) is 0 Å². The van der Waals surface area contributed by atoms with E-state index in [1.165, 1.54) is 11.8 Å². The number of aryl methyl sites for hydroxylation is 1. The maximum absolute atomic E-state index is 11.7. The summed E-state index contributed by atoms with van der Waals surface area (Å²) in [6.45, 7) is 4.17. The van der Waals surface area contributed by atoms with Crippen molar-refractivity contribution in [1.82, 2.24) is 14.6 Å². The molecule has 0 radical (unpaired) electrons. The van der Waals surface area contributed by atoms with E-state index in [1.54, 1.807) is 0 Å². The lowest BCUT2D eigenvalue weighted by atomic mass is 10.1. The van der Waals surface area contributed by atoms with Crippen molar-refractivity contribution in [3.63, 3.8) is 0 Å². The Morgan fingerprint density at radius 3 is 2.87 bits per heavy atom. The van der Waals surface area contributed by atoms with Crippen LogP contribution >= 0.6 is 11.8 Å². The standard InChI is InChI=1S/C17H20N4OS/c1-3-4-9-14(16(18)22)23-17-20-19-15-10-11(2)12-7-5-6-8-13(12)21(15)17/h5-8,10,14H,3-4,9H2,1-2H3,(H2,18,22)/t14-/m0/s1. The Morgan fingerprint density at radius 2 is 2.13 bits per heavy atom. The quantitative estimate of drug-likeness (QED) is 0.704. The summed E-state index contributed by atoms with van der Waals surface area (Å²) in [5, 5.41) is 10.1. The predicted octanol–water partition coefficient (Wildman–Crippen LogP) is 3.33. The summed E-state index contributed by atoms with van der Waals surface area (Å²) in [6.07, 6.45) is 2.76. The van der Waals surface area contributed by atoms with Gasteiger partial charge in [0.2, 0.25) is 5.91 Å². The van der Waals surface area contributed by atoms with E-state index < -0.39 is 0 Å². The Kier molecular flexibility index (Phi) is 4.52. The van der Waals surface area contributed by atoms with Crippen LogP contribution in [0.2, 0.25) is 0 Å². The van der Waals surface area contributed by atoms with E-state index in [0.29, 0.717) is 0 Å². The van der Waals surface area contributed by atoms with Crippen molar-refractivity contribution < 1.29 is 4.79 Å². The topological polar surface area (TPSA) is 73.3 Å². The van der Waals surface area contributed by atoms with Gasteiger partial charge < -0.3 is 5.73 Å². The van der Waals surface area contributed by atoms with Gasteiger partial charge in [0.15, 0.2) is 10.8 Å². The lowest BCUT2D eigenvalue weighted by molar-refractivity contribution is -0.117. The molecule has 2 N–H and O–H groups in total. The summed E-state index contributed by atoms with van der Waals surface area (Å²) in [5.74, 6) is -0.295. The molecule has 2 aromatic heterocycles. The Morgan fingerprint density at radius 1 is 1.35 bits per heavy atom. The van der Waals surface area contributed by atoms with Gasteiger partial charge in [-0.25, -0.2) is 0 Å². The van der Waals surface area contributed by atoms with Crippen molar-refractivity contribution in [2.75, 3.05) is 0 Å². The van der Waals surface area contributed by atoms with Gasteiger partial charge in [-0.3, -0.25) is 9.20 Å². The maximum atomic E-state index is 11.7. The van der Waals surface area contributed by atoms with Crippen molar-refractivity contribution in [1.29, 1.82) is 0 Å². The molecule has 6 heteroatoms. The van der Waals surface area contributed by atoms with Crippen LogP contribution in [0.3, 0.4) is 0 Å². The average molecular weight is 328 g/mol. The van der Waals surface area contributed by atoms with E-state index in [-0.39, 0.29) is 11.2 Å². The SMILES string of the molecule is CCCC[C@H](Sc1nnc2cc(C)c3ccccc3n12)C(N)=O. The van der Waals surface area contributed by atoms with Crippen LogP contribution in [-0.2, 0) is 4.79 Å². The van der Waals surface area contributed by atoms with Crippen molar-refractivity contribution in [2.45, 2.75) is 43.5 Å². The highest BCUT2D eigenvalue weighted by atomic mass is 32.2. The molecule has 3 rings (SSSR count). The van der Waals surface area contributed by atoms with Crippen molar-refractivity contribution >= 4 is 34.2 Å². The zero-order valence-corrected chi connectivity index (χ0v) is 14.1. The Bertz CT molecular complexity index is 858. The predicted molar refractivity (Wildman–Crippen MR) is 93.6 cm³/mol. The zero-order valence-electron chi connectivity index (χ0n) is 13.3. The van der Waals surface area contributed by atoms with Gasteiger partial charge in [-0.15, -0.1) is 10.2 Å². The number of nitrogens with zero attached hydrogens (tertiary/aromatic N) is 3. The third kappa shape index (κ3) is 3.03. The molecule has 0 bridgehead atoms. The van der Waals surface area contributed by atoms with Crippen molar-refractivity contribution in [3.8, 4) is 0 Å². The number of nitrogens with two attached hydrogens (primary N) is 1. The minimum absolute atomic E-state index is 0.276. The number of amides is 1. The first-order valence-electron chi connectivity index (χ1n) is 7.81. The lowest BCUT2D eigenvalue weighted by Gasteiger charge is -2.12. The number of carbonyl (C=O) groups is 1. The molecular formula is C17H20N4OS. The summed E-state index contributed by atoms with van der Waals surface area (Å²) in [5.41, 5.74) is 8.56. The van der Waals surface area contributed by atoms with Gasteiger partial charge in [-0.1, -0.05) is 49.7 Å². The van der Waals surface area contributed by atoms with Crippen LogP contribution in [0, 0.1) is 6.92 Å². The van der Waals surface area contributed by atoms with Crippen LogP contribution in [-0.4, -0.2) is 25.8 Å². The van der Waals surface area contributed by atoms with Crippen molar-refractivity contribution in [3.05, 3.63) is 35.9 Å².